The molecule has 3 rings (SSSR count). The second-order valence-corrected chi connectivity index (χ2v) is 7.44. The summed E-state index contributed by atoms with van der Waals surface area (Å²) < 4.78 is 0. The van der Waals surface area contributed by atoms with Crippen LogP contribution < -0.4 is 0 Å². The topological polar surface area (TPSA) is 69.6 Å². The molecule has 2 aliphatic heterocycles. The van der Waals surface area contributed by atoms with E-state index in [1.54, 1.807) is 11.2 Å². The number of nitrogens with zero attached hydrogens (tertiary/aromatic N) is 4. The van der Waals surface area contributed by atoms with Crippen LogP contribution in [0.5, 0.6) is 0 Å². The van der Waals surface area contributed by atoms with Crippen molar-refractivity contribution < 1.29 is 9.90 Å². The lowest BCUT2D eigenvalue weighted by atomic mass is 9.88. The number of aromatic nitrogens is 2. The molecular formula is C19H30N4O2. The summed E-state index contributed by atoms with van der Waals surface area (Å²) in [5.41, 5.74) is 2.40. The van der Waals surface area contributed by atoms with Crippen LogP contribution in [0.3, 0.4) is 0 Å². The molecule has 2 aliphatic rings. The number of aryl methyl sites for hydroxylation is 1. The van der Waals surface area contributed by atoms with E-state index in [4.69, 9.17) is 0 Å². The first-order valence-corrected chi connectivity index (χ1v) is 9.60. The highest BCUT2D eigenvalue weighted by Gasteiger charge is 2.33. The van der Waals surface area contributed by atoms with Crippen LogP contribution in [0.25, 0.3) is 0 Å². The summed E-state index contributed by atoms with van der Waals surface area (Å²) in [5.74, 6) is 0.556. The van der Waals surface area contributed by atoms with E-state index in [-0.39, 0.29) is 6.04 Å². The lowest BCUT2D eigenvalue weighted by molar-refractivity contribution is 0.106. The van der Waals surface area contributed by atoms with Gasteiger partial charge in [-0.25, -0.2) is 14.8 Å². The number of piperidine rings is 1. The average Bonchev–Trinajstić information content (AvgIpc) is 2.85. The number of likely N-dealkylation sites (tertiary alicyclic amines) is 2. The number of amides is 1. The summed E-state index contributed by atoms with van der Waals surface area (Å²) in [6.07, 6.45) is 9.09. The van der Waals surface area contributed by atoms with Gasteiger partial charge in [0.15, 0.2) is 0 Å². The second kappa shape index (κ2) is 8.13. The third kappa shape index (κ3) is 4.11. The second-order valence-electron chi connectivity index (χ2n) is 7.44. The van der Waals surface area contributed by atoms with Crippen molar-refractivity contribution in [2.45, 2.75) is 70.4 Å². The molecule has 138 valence electrons. The molecule has 0 saturated carbocycles. The molecule has 1 aromatic heterocycles. The zero-order valence-corrected chi connectivity index (χ0v) is 15.4. The molecule has 6 nitrogen and oxygen atoms in total. The normalized spacial score (nSPS) is 26.4. The van der Waals surface area contributed by atoms with Crippen LogP contribution in [-0.4, -0.2) is 62.7 Å². The standard InChI is InChI=1S/C19H30N4O2/c1-3-16-11-17(5-4-8-23(16)19(24)25)22-9-6-15(7-10-22)18-12-20-13-21-14(18)2/h12-13,15-17H,3-11H2,1-2H3,(H,24,25). The van der Waals surface area contributed by atoms with Crippen LogP contribution in [-0.2, 0) is 0 Å². The van der Waals surface area contributed by atoms with Crippen molar-refractivity contribution in [3.8, 4) is 0 Å². The van der Waals surface area contributed by atoms with Gasteiger partial charge < -0.3 is 14.9 Å². The molecule has 0 aliphatic carbocycles. The van der Waals surface area contributed by atoms with Crippen molar-refractivity contribution >= 4 is 6.09 Å². The number of hydrogen-bond acceptors (Lipinski definition) is 4. The Morgan fingerprint density at radius 1 is 1.28 bits per heavy atom. The van der Waals surface area contributed by atoms with E-state index in [0.29, 0.717) is 18.5 Å². The van der Waals surface area contributed by atoms with Gasteiger partial charge in [0.05, 0.1) is 0 Å². The predicted molar refractivity (Wildman–Crippen MR) is 96.8 cm³/mol. The fourth-order valence-electron chi connectivity index (χ4n) is 4.59. The van der Waals surface area contributed by atoms with E-state index in [0.717, 1.165) is 57.3 Å². The van der Waals surface area contributed by atoms with Crippen molar-refractivity contribution in [1.29, 1.82) is 0 Å². The molecule has 2 saturated heterocycles. The Labute approximate surface area is 150 Å². The molecule has 3 heterocycles. The quantitative estimate of drug-likeness (QED) is 0.909. The Balaban J connectivity index is 1.61. The lowest BCUT2D eigenvalue weighted by Gasteiger charge is -2.39. The highest BCUT2D eigenvalue weighted by atomic mass is 16.4. The SMILES string of the molecule is CCC1CC(N2CCC(c3cncnc3C)CC2)CCCN1C(=O)O. The number of hydrogen-bond donors (Lipinski definition) is 1. The van der Waals surface area contributed by atoms with Crippen molar-refractivity contribution in [2.24, 2.45) is 0 Å². The van der Waals surface area contributed by atoms with Crippen molar-refractivity contribution in [3.63, 3.8) is 0 Å². The van der Waals surface area contributed by atoms with E-state index in [2.05, 4.69) is 28.7 Å². The third-order valence-electron chi connectivity index (χ3n) is 6.07. The minimum absolute atomic E-state index is 0.160. The number of rotatable bonds is 3. The maximum Gasteiger partial charge on any atom is 0.407 e. The molecule has 2 fully saturated rings. The Hall–Kier alpha value is -1.69. The monoisotopic (exact) mass is 346 g/mol. The van der Waals surface area contributed by atoms with E-state index in [1.165, 1.54) is 5.56 Å². The van der Waals surface area contributed by atoms with Crippen LogP contribution >= 0.6 is 0 Å². The first-order valence-electron chi connectivity index (χ1n) is 9.60. The van der Waals surface area contributed by atoms with Crippen molar-refractivity contribution in [3.05, 3.63) is 23.8 Å². The van der Waals surface area contributed by atoms with E-state index < -0.39 is 6.09 Å². The summed E-state index contributed by atoms with van der Waals surface area (Å²) in [6.45, 7) is 7.04. The van der Waals surface area contributed by atoms with Crippen LogP contribution in [0.2, 0.25) is 0 Å². The molecule has 6 heteroatoms. The first kappa shape index (κ1) is 18.1. The number of carbonyl (C=O) groups is 1. The van der Waals surface area contributed by atoms with Crippen molar-refractivity contribution in [1.82, 2.24) is 19.8 Å². The summed E-state index contributed by atoms with van der Waals surface area (Å²) in [6, 6.07) is 0.677. The van der Waals surface area contributed by atoms with Gasteiger partial charge in [0, 0.05) is 30.5 Å². The maximum atomic E-state index is 11.5. The van der Waals surface area contributed by atoms with Crippen LogP contribution in [0.1, 0.15) is 62.6 Å². The molecule has 0 aromatic carbocycles. The maximum absolute atomic E-state index is 11.5. The molecule has 1 amide bonds. The van der Waals surface area contributed by atoms with Gasteiger partial charge in [-0.2, -0.15) is 0 Å². The average molecular weight is 346 g/mol. The van der Waals surface area contributed by atoms with Crippen LogP contribution in [0.15, 0.2) is 12.5 Å². The van der Waals surface area contributed by atoms with Gasteiger partial charge in [0.1, 0.15) is 6.33 Å². The molecule has 1 N–H and O–H groups in total. The van der Waals surface area contributed by atoms with Gasteiger partial charge in [-0.05, 0) is 70.0 Å². The third-order valence-corrected chi connectivity index (χ3v) is 6.07. The van der Waals surface area contributed by atoms with Crippen LogP contribution in [0.4, 0.5) is 4.79 Å². The molecule has 0 spiro atoms. The fraction of sp³-hybridized carbons (Fsp3) is 0.737. The molecule has 0 bridgehead atoms. The smallest absolute Gasteiger partial charge is 0.407 e. The molecule has 2 unspecified atom stereocenters. The zero-order chi connectivity index (χ0) is 17.8. The molecule has 0 radical (unpaired) electrons. The van der Waals surface area contributed by atoms with Gasteiger partial charge in [-0.15, -0.1) is 0 Å². The Kier molecular flexibility index (Phi) is 5.89. The highest BCUT2D eigenvalue weighted by molar-refractivity contribution is 5.65. The van der Waals surface area contributed by atoms with E-state index >= 15 is 0 Å². The first-order chi connectivity index (χ1) is 12.1. The predicted octanol–water partition coefficient (Wildman–Crippen LogP) is 3.28. The Morgan fingerprint density at radius 2 is 2.04 bits per heavy atom. The molecular weight excluding hydrogens is 316 g/mol. The summed E-state index contributed by atoms with van der Waals surface area (Å²) in [5, 5.41) is 9.45. The van der Waals surface area contributed by atoms with E-state index in [9.17, 15) is 9.90 Å². The van der Waals surface area contributed by atoms with Gasteiger partial charge in [-0.3, -0.25) is 0 Å². The van der Waals surface area contributed by atoms with Crippen LogP contribution in [0, 0.1) is 6.92 Å². The summed E-state index contributed by atoms with van der Waals surface area (Å²) >= 11 is 0. The lowest BCUT2D eigenvalue weighted by Crippen LogP contribution is -2.44. The zero-order valence-electron chi connectivity index (χ0n) is 15.4. The van der Waals surface area contributed by atoms with E-state index in [1.807, 2.05) is 6.20 Å². The summed E-state index contributed by atoms with van der Waals surface area (Å²) in [4.78, 5) is 24.3. The van der Waals surface area contributed by atoms with Gasteiger partial charge >= 0.3 is 6.09 Å². The van der Waals surface area contributed by atoms with Gasteiger partial charge in [0.2, 0.25) is 0 Å². The van der Waals surface area contributed by atoms with Crippen molar-refractivity contribution in [2.75, 3.05) is 19.6 Å². The molecule has 25 heavy (non-hydrogen) atoms. The minimum Gasteiger partial charge on any atom is -0.465 e. The molecule has 2 atom stereocenters. The molecule has 1 aromatic rings. The number of carboxylic acid groups (broad SMARTS) is 1. The fourth-order valence-corrected chi connectivity index (χ4v) is 4.59. The minimum atomic E-state index is -0.759. The Morgan fingerprint density at radius 3 is 2.68 bits per heavy atom. The largest absolute Gasteiger partial charge is 0.465 e. The van der Waals surface area contributed by atoms with Gasteiger partial charge in [0.25, 0.3) is 0 Å². The summed E-state index contributed by atoms with van der Waals surface area (Å²) in [7, 11) is 0. The Bertz CT molecular complexity index is 587. The highest BCUT2D eigenvalue weighted by Crippen LogP contribution is 2.32. The van der Waals surface area contributed by atoms with Gasteiger partial charge in [-0.1, -0.05) is 6.92 Å².